The number of nitrogens with zero attached hydrogens (tertiary/aromatic N) is 23. The maximum Gasteiger partial charge on any atom is 0.218 e. The fourth-order valence-corrected chi connectivity index (χ4v) is 15.7. The number of likely N-dealkylation sites (N-methyl/N-ethyl adjacent to an activating group) is 1. The predicted octanol–water partition coefficient (Wildman–Crippen LogP) is 11.2. The van der Waals surface area contributed by atoms with Crippen molar-refractivity contribution in [3.8, 4) is 47.6 Å². The number of aliphatic hydroxyl groups excluding tert-OH is 1. The highest BCUT2D eigenvalue weighted by molar-refractivity contribution is 7.20. The zero-order valence-electron chi connectivity index (χ0n) is 62.7. The number of aryl methyl sites for hydroxylation is 4. The van der Waals surface area contributed by atoms with E-state index < -0.39 is 0 Å². The number of hydrogen-bond acceptors (Lipinski definition) is 34. The Balaban J connectivity index is 0.000000130. The molecule has 0 saturated carbocycles. The third-order valence-corrected chi connectivity index (χ3v) is 22.0. The monoisotopic (exact) mass is 1580 g/mol. The molecule has 0 unspecified atom stereocenters. The number of ether oxygens (including phenoxy) is 2. The summed E-state index contributed by atoms with van der Waals surface area (Å²) >= 11 is 6.26. The first-order valence-corrected chi connectivity index (χ1v) is 40.1. The number of rotatable bonds is 24. The van der Waals surface area contributed by atoms with E-state index in [4.69, 9.17) is 14.6 Å². The number of hydrogen-bond donors (Lipinski definition) is 5. The van der Waals surface area contributed by atoms with Crippen LogP contribution in [0.1, 0.15) is 30.2 Å². The van der Waals surface area contributed by atoms with Crippen LogP contribution in [0.15, 0.2) is 147 Å². The van der Waals surface area contributed by atoms with Crippen molar-refractivity contribution in [2.75, 3.05) is 187 Å². The Labute approximate surface area is 660 Å². The van der Waals surface area contributed by atoms with E-state index in [1.807, 2.05) is 144 Å². The quantitative estimate of drug-likeness (QED) is 0.0375. The van der Waals surface area contributed by atoms with Crippen molar-refractivity contribution >= 4 is 107 Å². The van der Waals surface area contributed by atoms with Gasteiger partial charge < -0.3 is 55.4 Å². The molecule has 4 aliphatic rings. The van der Waals surface area contributed by atoms with Gasteiger partial charge in [-0.15, -0.1) is 0 Å². The molecule has 0 aromatic carbocycles. The van der Waals surface area contributed by atoms with Gasteiger partial charge in [0.1, 0.15) is 77.3 Å². The first-order chi connectivity index (χ1) is 54.4. The highest BCUT2D eigenvalue weighted by atomic mass is 32.1. The minimum atomic E-state index is -0.296. The molecule has 0 amide bonds. The minimum Gasteiger partial charge on any atom is -0.476 e. The van der Waals surface area contributed by atoms with Gasteiger partial charge in [-0.3, -0.25) is 34.6 Å². The van der Waals surface area contributed by atoms with Crippen LogP contribution >= 0.6 is 45.3 Å². The Hall–Kier alpha value is -10.5. The maximum atomic E-state index is 12.5. The van der Waals surface area contributed by atoms with Crippen LogP contribution in [0.3, 0.4) is 0 Å². The number of alkyl halides is 1. The normalized spacial score (nSPS) is 15.0. The molecule has 0 radical (unpaired) electrons. The first-order valence-electron chi connectivity index (χ1n) is 36.9. The first kappa shape index (κ1) is 78.6. The zero-order chi connectivity index (χ0) is 76.5. The molecule has 16 rings (SSSR count). The largest absolute Gasteiger partial charge is 0.476 e. The van der Waals surface area contributed by atoms with Crippen molar-refractivity contribution in [2.24, 2.45) is 0 Å². The number of β-amino-alcohol motifs (C(OH)–C–C–N with tert-alkyl or cyclic N) is 1. The van der Waals surface area contributed by atoms with E-state index in [9.17, 15) is 4.39 Å². The van der Waals surface area contributed by atoms with Crippen molar-refractivity contribution in [3.63, 3.8) is 0 Å². The summed E-state index contributed by atoms with van der Waals surface area (Å²) in [4.78, 5) is 90.8. The summed E-state index contributed by atoms with van der Waals surface area (Å²) in [5.74, 6) is 9.10. The molecule has 4 aliphatic heterocycles. The molecule has 4 saturated heterocycles. The maximum absolute atomic E-state index is 12.5. The Bertz CT molecular complexity index is 4660. The highest BCUT2D eigenvalue weighted by Crippen LogP contribution is 2.35. The number of morpholine rings is 1. The van der Waals surface area contributed by atoms with Gasteiger partial charge in [0.25, 0.3) is 0 Å². The number of piperazine rings is 3. The number of aliphatic hydroxyl groups is 1. The van der Waals surface area contributed by atoms with E-state index in [0.29, 0.717) is 36.5 Å². The van der Waals surface area contributed by atoms with Gasteiger partial charge >= 0.3 is 0 Å². The Morgan fingerprint density at radius 3 is 1.07 bits per heavy atom. The number of thiazole rings is 4. The third-order valence-electron chi connectivity index (χ3n) is 18.1. The van der Waals surface area contributed by atoms with Crippen LogP contribution < -0.4 is 40.7 Å². The van der Waals surface area contributed by atoms with Gasteiger partial charge in [-0.05, 0) is 58.5 Å². The van der Waals surface area contributed by atoms with Crippen LogP contribution in [0.25, 0.3) is 41.8 Å². The Morgan fingerprint density at radius 1 is 0.405 bits per heavy atom. The number of pyridine rings is 4. The van der Waals surface area contributed by atoms with Crippen LogP contribution in [0.4, 0.5) is 65.6 Å². The second-order valence-corrected chi connectivity index (χ2v) is 30.1. The molecule has 0 spiro atoms. The van der Waals surface area contributed by atoms with E-state index in [1.165, 1.54) is 0 Å². The number of nitrogens with one attached hydrogen (secondary N) is 4. The van der Waals surface area contributed by atoms with Crippen LogP contribution in [-0.4, -0.2) is 255 Å². The van der Waals surface area contributed by atoms with Gasteiger partial charge in [0.15, 0.2) is 20.5 Å². The lowest BCUT2D eigenvalue weighted by Crippen LogP contribution is -2.47. The molecule has 0 aliphatic carbocycles. The van der Waals surface area contributed by atoms with Crippen LogP contribution in [0, 0.1) is 27.7 Å². The molecule has 16 heterocycles. The summed E-state index contributed by atoms with van der Waals surface area (Å²) in [6.45, 7) is 28.0. The zero-order valence-corrected chi connectivity index (χ0v) is 65.9. The standard InChI is InChI=1S/C19H22FN7S.C19H23N7OS.C19H23N7S.C19H22N6O2S/c1-14-23-17(11-18(24-14)27-9-7-26(6-4-20)8-10-27)25-19-22-13-16(28-19)15-3-2-5-21-12-15;1-14-22-17(11-18(23-14)26-7-5-25(6-8-26)9-10-27)24-19-21-13-16(28-19)15-3-2-4-20-12-15;1-3-25-7-9-26(10-8-25)18-11-17(22-14(2)23-18)24-19-21-13-16(27-19)15-5-4-6-20-12-15;1-14-22-17(11-18(23-14)27-10-7-25-5-8-26-9-6-25)24-19-21-13-16(28-19)15-3-2-4-20-12-15/h2-3,5,11-13H,4,6-10H2,1H3,(H,22,23,24,25);2-4,11-13,27H,5-10H2,1H3,(H,21,22,23,24);4-6,11-13H,3,7-10H2,1-2H3,(H,21,22,23,24);2-4,11-13H,5-10H2,1H3,(H,21,22,23,24). The third kappa shape index (κ3) is 23.3. The summed E-state index contributed by atoms with van der Waals surface area (Å²) in [5.41, 5.74) is 4.20. The number of halogens is 1. The van der Waals surface area contributed by atoms with Crippen molar-refractivity contribution in [1.29, 1.82) is 0 Å². The summed E-state index contributed by atoms with van der Waals surface area (Å²) in [5, 5.41) is 25.4. The van der Waals surface area contributed by atoms with E-state index in [2.05, 4.69) is 142 Å². The van der Waals surface area contributed by atoms with Crippen molar-refractivity contribution in [2.45, 2.75) is 34.6 Å². The summed E-state index contributed by atoms with van der Waals surface area (Å²) in [6, 6.07) is 23.5. The van der Waals surface area contributed by atoms with E-state index in [-0.39, 0.29) is 13.3 Å². The fraction of sp³-hybridized carbons (Fsp3) is 0.368. The van der Waals surface area contributed by atoms with E-state index in [1.54, 1.807) is 76.2 Å². The molecule has 12 aromatic rings. The summed E-state index contributed by atoms with van der Waals surface area (Å²) < 4.78 is 23.7. The van der Waals surface area contributed by atoms with Gasteiger partial charge in [-0.2, -0.15) is 4.98 Å². The lowest BCUT2D eigenvalue weighted by molar-refractivity contribution is 0.0320. The minimum absolute atomic E-state index is 0.204. The molecule has 5 N–H and O–H groups in total. The van der Waals surface area contributed by atoms with Gasteiger partial charge in [-0.25, -0.2) is 59.2 Å². The average molecular weight is 1580 g/mol. The van der Waals surface area contributed by atoms with Gasteiger partial charge in [0.2, 0.25) is 5.88 Å². The fourth-order valence-electron chi connectivity index (χ4n) is 12.4. The van der Waals surface area contributed by atoms with Crippen LogP contribution in [-0.2, 0) is 4.74 Å². The highest BCUT2D eigenvalue weighted by Gasteiger charge is 2.23. The molecule has 35 heteroatoms. The smallest absolute Gasteiger partial charge is 0.218 e. The van der Waals surface area contributed by atoms with Crippen LogP contribution in [0.2, 0.25) is 0 Å². The lowest BCUT2D eigenvalue weighted by Gasteiger charge is -2.35. The Kier molecular flexibility index (Phi) is 28.3. The van der Waals surface area contributed by atoms with Crippen molar-refractivity contribution in [3.05, 3.63) is 170 Å². The predicted molar refractivity (Wildman–Crippen MR) is 439 cm³/mol. The molecule has 30 nitrogen and oxygen atoms in total. The molecular weight excluding hydrogens is 1490 g/mol. The molecule has 0 atom stereocenters. The molecule has 12 aromatic heterocycles. The Morgan fingerprint density at radius 2 is 0.739 bits per heavy atom. The summed E-state index contributed by atoms with van der Waals surface area (Å²) in [6.07, 6.45) is 21.8. The summed E-state index contributed by atoms with van der Waals surface area (Å²) in [7, 11) is 0. The average Bonchev–Trinajstić information content (AvgIpc) is 1.77. The second kappa shape index (κ2) is 39.9. The number of aromatic nitrogens is 16. The molecule has 111 heavy (non-hydrogen) atoms. The van der Waals surface area contributed by atoms with Gasteiger partial charge in [-0.1, -0.05) is 76.5 Å². The van der Waals surface area contributed by atoms with Crippen LogP contribution in [0.5, 0.6) is 5.88 Å². The SMILES string of the molecule is CCN1CCN(c2cc(Nc3ncc(-c4cccnc4)s3)nc(C)n2)CC1.Cc1nc(Nc2ncc(-c3cccnc3)s2)cc(N2CCN(CCF)CC2)n1.Cc1nc(Nc2ncc(-c3cccnc3)s2)cc(N2CCN(CCO)CC2)n1.Cc1nc(Nc2ncc(-c3cccnc3)s2)cc(OCCN2CCOCC2)n1. The van der Waals surface area contributed by atoms with Gasteiger partial charge in [0.05, 0.1) is 39.3 Å². The van der Waals surface area contributed by atoms with E-state index in [0.717, 1.165) is 233 Å². The molecule has 578 valence electrons. The van der Waals surface area contributed by atoms with E-state index >= 15 is 0 Å². The number of anilines is 11. The molecule has 4 fully saturated rings. The molecule has 0 bridgehead atoms. The molecular formula is C76H90FN27O3S4. The van der Waals surface area contributed by atoms with Crippen molar-refractivity contribution < 1.29 is 19.0 Å². The lowest BCUT2D eigenvalue weighted by atomic mass is 10.3. The van der Waals surface area contributed by atoms with Gasteiger partial charge in [0, 0.05) is 232 Å². The van der Waals surface area contributed by atoms with Crippen molar-refractivity contribution in [1.82, 2.24) is 99.3 Å². The topological polar surface area (TPSA) is 316 Å². The second-order valence-electron chi connectivity index (χ2n) is 26.0.